The second-order valence-corrected chi connectivity index (χ2v) is 6.65. The third-order valence-corrected chi connectivity index (χ3v) is 4.55. The van der Waals surface area contributed by atoms with E-state index in [2.05, 4.69) is 0 Å². The van der Waals surface area contributed by atoms with Crippen LogP contribution in [0.3, 0.4) is 0 Å². The van der Waals surface area contributed by atoms with E-state index in [4.69, 9.17) is 11.1 Å². The summed E-state index contributed by atoms with van der Waals surface area (Å²) in [5, 5.41) is 16.0. The van der Waals surface area contributed by atoms with Crippen molar-refractivity contribution in [2.45, 2.75) is 26.7 Å². The predicted octanol–water partition coefficient (Wildman–Crippen LogP) is 2.66. The zero-order chi connectivity index (χ0) is 19.2. The Bertz CT molecular complexity index is 1050. The first-order valence-electron chi connectivity index (χ1n) is 8.28. The molecule has 3 aromatic rings. The molecule has 0 radical (unpaired) electrons. The minimum Gasteiger partial charge on any atom is -0.478 e. The van der Waals surface area contributed by atoms with Crippen LogP contribution < -0.4 is 11.1 Å². The summed E-state index contributed by atoms with van der Waals surface area (Å²) < 4.78 is 15.6. The smallest absolute Gasteiger partial charge is 0.338 e. The standard InChI is InChI=1S/C20H20FN3O2/c1-10(2)19-18(20(25)26)14-8-16(23)12(9-22)7-17(14)24(19)13-4-5-15(21)11(3)6-13/h4-10,22H,23H2,1-3H3,(H,25,26)/p+1. The zero-order valence-corrected chi connectivity index (χ0v) is 14.9. The fraction of sp³-hybridized carbons (Fsp3) is 0.200. The number of rotatable bonds is 4. The number of nitrogen functional groups attached to an aromatic ring is 1. The highest BCUT2D eigenvalue weighted by molar-refractivity contribution is 6.08. The minimum atomic E-state index is -1.03. The number of aryl methyl sites for hydroxylation is 1. The molecule has 0 saturated heterocycles. The van der Waals surface area contributed by atoms with Gasteiger partial charge in [0, 0.05) is 22.5 Å². The van der Waals surface area contributed by atoms with Crippen molar-refractivity contribution in [3.63, 3.8) is 0 Å². The number of aromatic carboxylic acids is 1. The van der Waals surface area contributed by atoms with Gasteiger partial charge in [-0.3, -0.25) is 5.41 Å². The van der Waals surface area contributed by atoms with Gasteiger partial charge in [0.25, 0.3) is 0 Å². The van der Waals surface area contributed by atoms with Crippen LogP contribution in [0.2, 0.25) is 0 Å². The number of carboxylic acid groups (broad SMARTS) is 1. The molecule has 0 saturated carbocycles. The molecular formula is C20H21FN3O2+. The summed E-state index contributed by atoms with van der Waals surface area (Å²) in [5.41, 5.74) is 9.72. The number of fused-ring (bicyclic) bond motifs is 1. The highest BCUT2D eigenvalue weighted by atomic mass is 19.1. The van der Waals surface area contributed by atoms with E-state index in [1.54, 1.807) is 31.2 Å². The van der Waals surface area contributed by atoms with Crippen LogP contribution in [0.1, 0.15) is 46.9 Å². The molecule has 1 heterocycles. The summed E-state index contributed by atoms with van der Waals surface area (Å²) in [6.07, 6.45) is 1.39. The van der Waals surface area contributed by atoms with Crippen molar-refractivity contribution in [2.24, 2.45) is 0 Å². The molecule has 0 unspecified atom stereocenters. The molecule has 2 aromatic carbocycles. The number of nitrogens with zero attached hydrogens (tertiary/aromatic N) is 1. The average Bonchev–Trinajstić information content (AvgIpc) is 2.91. The van der Waals surface area contributed by atoms with E-state index in [9.17, 15) is 14.3 Å². The van der Waals surface area contributed by atoms with Gasteiger partial charge in [0.1, 0.15) is 5.82 Å². The fourth-order valence-electron chi connectivity index (χ4n) is 3.35. The molecule has 0 aliphatic heterocycles. The first kappa shape index (κ1) is 17.7. The average molecular weight is 354 g/mol. The van der Waals surface area contributed by atoms with Gasteiger partial charge >= 0.3 is 5.97 Å². The summed E-state index contributed by atoms with van der Waals surface area (Å²) >= 11 is 0. The Balaban J connectivity index is 2.53. The monoisotopic (exact) mass is 354 g/mol. The van der Waals surface area contributed by atoms with E-state index in [0.717, 1.165) is 0 Å². The second-order valence-electron chi connectivity index (χ2n) is 6.65. The van der Waals surface area contributed by atoms with Gasteiger partial charge in [0.15, 0.2) is 6.21 Å². The Labute approximate surface area is 150 Å². The van der Waals surface area contributed by atoms with Crippen LogP contribution in [0.15, 0.2) is 30.3 Å². The predicted molar refractivity (Wildman–Crippen MR) is 101 cm³/mol. The lowest BCUT2D eigenvalue weighted by Crippen LogP contribution is -2.30. The number of benzene rings is 2. The molecule has 0 spiro atoms. The van der Waals surface area contributed by atoms with Crippen molar-refractivity contribution in [1.82, 2.24) is 4.57 Å². The maximum atomic E-state index is 13.8. The van der Waals surface area contributed by atoms with Crippen LogP contribution in [0.25, 0.3) is 16.6 Å². The maximum Gasteiger partial charge on any atom is 0.338 e. The molecule has 0 amide bonds. The van der Waals surface area contributed by atoms with Gasteiger partial charge in [0.2, 0.25) is 0 Å². The summed E-state index contributed by atoms with van der Waals surface area (Å²) in [6.45, 7) is 5.52. The van der Waals surface area contributed by atoms with Gasteiger partial charge < -0.3 is 15.4 Å². The lowest BCUT2D eigenvalue weighted by Gasteiger charge is -2.15. The Morgan fingerprint density at radius 2 is 2.00 bits per heavy atom. The Kier molecular flexibility index (Phi) is 4.28. The molecule has 1 aromatic heterocycles. The zero-order valence-electron chi connectivity index (χ0n) is 14.9. The number of aromatic nitrogens is 1. The molecule has 3 rings (SSSR count). The van der Waals surface area contributed by atoms with E-state index in [0.29, 0.717) is 39.1 Å². The number of halogens is 1. The van der Waals surface area contributed by atoms with Gasteiger partial charge in [-0.1, -0.05) is 13.8 Å². The highest BCUT2D eigenvalue weighted by Crippen LogP contribution is 2.36. The van der Waals surface area contributed by atoms with E-state index in [1.165, 1.54) is 12.3 Å². The molecule has 134 valence electrons. The topological polar surface area (TPSA) is 93.8 Å². The lowest BCUT2D eigenvalue weighted by atomic mass is 10.0. The molecule has 0 bridgehead atoms. The van der Waals surface area contributed by atoms with E-state index in [1.807, 2.05) is 18.4 Å². The Morgan fingerprint density at radius 3 is 2.54 bits per heavy atom. The van der Waals surface area contributed by atoms with Gasteiger partial charge in [0.05, 0.1) is 16.6 Å². The molecule has 0 atom stereocenters. The summed E-state index contributed by atoms with van der Waals surface area (Å²) in [6, 6.07) is 8.13. The highest BCUT2D eigenvalue weighted by Gasteiger charge is 2.26. The van der Waals surface area contributed by atoms with Crippen LogP contribution >= 0.6 is 0 Å². The molecule has 0 aliphatic rings. The van der Waals surface area contributed by atoms with Crippen LogP contribution in [0, 0.1) is 12.7 Å². The van der Waals surface area contributed by atoms with Gasteiger partial charge in [-0.25, -0.2) is 9.18 Å². The van der Waals surface area contributed by atoms with Crippen molar-refractivity contribution in [3.05, 3.63) is 58.5 Å². The Morgan fingerprint density at radius 1 is 1.31 bits per heavy atom. The quantitative estimate of drug-likeness (QED) is 0.497. The van der Waals surface area contributed by atoms with E-state index < -0.39 is 5.97 Å². The van der Waals surface area contributed by atoms with Crippen molar-refractivity contribution in [1.29, 1.82) is 0 Å². The molecule has 5 N–H and O–H groups in total. The third-order valence-electron chi connectivity index (χ3n) is 4.55. The minimum absolute atomic E-state index is 0.0783. The number of carbonyl (C=O) groups is 1. The van der Waals surface area contributed by atoms with E-state index in [-0.39, 0.29) is 17.3 Å². The van der Waals surface area contributed by atoms with Crippen molar-refractivity contribution in [2.75, 3.05) is 5.73 Å². The Hall–Kier alpha value is -3.15. The fourth-order valence-corrected chi connectivity index (χ4v) is 3.35. The summed E-state index contributed by atoms with van der Waals surface area (Å²) in [4.78, 5) is 12.0. The van der Waals surface area contributed by atoms with Crippen molar-refractivity contribution < 1.29 is 19.7 Å². The van der Waals surface area contributed by atoms with Gasteiger partial charge in [-0.05, 0) is 48.7 Å². The van der Waals surface area contributed by atoms with Crippen LogP contribution in [-0.4, -0.2) is 21.9 Å². The molecule has 6 heteroatoms. The van der Waals surface area contributed by atoms with Crippen LogP contribution in [-0.2, 0) is 0 Å². The molecular weight excluding hydrogens is 333 g/mol. The molecule has 0 aliphatic carbocycles. The summed E-state index contributed by atoms with van der Waals surface area (Å²) in [7, 11) is 0. The third kappa shape index (κ3) is 2.63. The van der Waals surface area contributed by atoms with E-state index >= 15 is 0 Å². The molecule has 5 nitrogen and oxygen atoms in total. The number of hydrogen-bond acceptors (Lipinski definition) is 2. The largest absolute Gasteiger partial charge is 0.478 e. The number of anilines is 1. The SMILES string of the molecule is Cc1cc(-n2c(C(C)C)c(C(=O)O)c3cc(N)c(C=[NH2+])cc32)ccc1F. The summed E-state index contributed by atoms with van der Waals surface area (Å²) in [5.74, 6) is -1.42. The van der Waals surface area contributed by atoms with Crippen molar-refractivity contribution in [3.8, 4) is 5.69 Å². The second kappa shape index (κ2) is 6.29. The van der Waals surface area contributed by atoms with Crippen LogP contribution in [0.5, 0.6) is 0 Å². The number of nitrogens with two attached hydrogens (primary N) is 2. The van der Waals surface area contributed by atoms with Crippen molar-refractivity contribution >= 4 is 28.8 Å². The normalized spacial score (nSPS) is 11.3. The number of carboxylic acids is 1. The number of hydrogen-bond donors (Lipinski definition) is 3. The lowest BCUT2D eigenvalue weighted by molar-refractivity contribution is -0.104. The van der Waals surface area contributed by atoms with Crippen LogP contribution in [0.4, 0.5) is 10.1 Å². The van der Waals surface area contributed by atoms with Gasteiger partial charge in [-0.2, -0.15) is 0 Å². The molecule has 0 fully saturated rings. The maximum absolute atomic E-state index is 13.8. The first-order valence-corrected chi connectivity index (χ1v) is 8.28. The first-order chi connectivity index (χ1) is 12.3. The van der Waals surface area contributed by atoms with Gasteiger partial charge in [-0.15, -0.1) is 0 Å². The molecule has 26 heavy (non-hydrogen) atoms.